The first-order valence-electron chi connectivity index (χ1n) is 5.19. The minimum absolute atomic E-state index is 0.0829. The Bertz CT molecular complexity index is 529. The molecule has 0 aliphatic rings. The van der Waals surface area contributed by atoms with Gasteiger partial charge >= 0.3 is 0 Å². The van der Waals surface area contributed by atoms with Gasteiger partial charge in [-0.3, -0.25) is 4.68 Å². The molecule has 0 spiro atoms. The van der Waals surface area contributed by atoms with Crippen LogP contribution in [0.4, 0.5) is 4.39 Å². The molecular weight excluding hydrogens is 262 g/mol. The molecule has 0 amide bonds. The number of nitrogens with zero attached hydrogens (tertiary/aromatic N) is 2. The quantitative estimate of drug-likeness (QED) is 0.783. The molecule has 0 bridgehead atoms. The average molecular weight is 273 g/mol. The second-order valence-corrected chi connectivity index (χ2v) is 4.81. The molecule has 90 valence electrons. The molecule has 1 aromatic carbocycles. The third-order valence-corrected chi connectivity index (χ3v) is 3.05. The summed E-state index contributed by atoms with van der Waals surface area (Å²) >= 11 is 12.0. The van der Waals surface area contributed by atoms with Gasteiger partial charge in [-0.2, -0.15) is 5.10 Å². The van der Waals surface area contributed by atoms with E-state index in [4.69, 9.17) is 23.2 Å². The normalized spacial score (nSPS) is 11.2. The highest BCUT2D eigenvalue weighted by atomic mass is 35.5. The zero-order valence-electron chi connectivity index (χ0n) is 9.42. The van der Waals surface area contributed by atoms with Gasteiger partial charge in [0, 0.05) is 11.6 Å². The maximum Gasteiger partial charge on any atom is 0.169 e. The van der Waals surface area contributed by atoms with Gasteiger partial charge in [0.1, 0.15) is 5.69 Å². The Balaban J connectivity index is 2.61. The molecule has 0 aliphatic heterocycles. The van der Waals surface area contributed by atoms with Crippen molar-refractivity contribution in [1.82, 2.24) is 9.78 Å². The summed E-state index contributed by atoms with van der Waals surface area (Å²) in [5, 5.41) is 4.96. The third kappa shape index (κ3) is 2.31. The van der Waals surface area contributed by atoms with Crippen molar-refractivity contribution in [2.24, 2.45) is 0 Å². The van der Waals surface area contributed by atoms with E-state index in [0.717, 1.165) is 0 Å². The molecule has 1 aromatic heterocycles. The fourth-order valence-electron chi connectivity index (χ4n) is 1.53. The molecule has 2 nitrogen and oxygen atoms in total. The summed E-state index contributed by atoms with van der Waals surface area (Å²) < 4.78 is 15.4. The van der Waals surface area contributed by atoms with E-state index in [9.17, 15) is 4.39 Å². The van der Waals surface area contributed by atoms with Crippen molar-refractivity contribution in [2.45, 2.75) is 19.9 Å². The van der Waals surface area contributed by atoms with Crippen molar-refractivity contribution in [3.05, 3.63) is 40.3 Å². The number of hydrogen-bond acceptors (Lipinski definition) is 1. The van der Waals surface area contributed by atoms with Gasteiger partial charge in [-0.15, -0.1) is 0 Å². The lowest BCUT2D eigenvalue weighted by Gasteiger charge is -2.05. The monoisotopic (exact) mass is 272 g/mol. The number of benzene rings is 1. The Kier molecular flexibility index (Phi) is 3.40. The molecule has 0 unspecified atom stereocenters. The summed E-state index contributed by atoms with van der Waals surface area (Å²) in [7, 11) is 0. The van der Waals surface area contributed by atoms with Crippen LogP contribution in [0.2, 0.25) is 10.0 Å². The van der Waals surface area contributed by atoms with Gasteiger partial charge in [0.25, 0.3) is 0 Å². The fraction of sp³-hybridized carbons (Fsp3) is 0.250. The van der Waals surface area contributed by atoms with E-state index < -0.39 is 5.82 Å². The standard InChI is InChI=1S/C12H11Cl2FN2/c1-7(2)17-6-10(15)12(16-17)11-8(13)4-3-5-9(11)14/h3-7H,1-2H3. The molecule has 0 saturated heterocycles. The Hall–Kier alpha value is -1.06. The largest absolute Gasteiger partial charge is 0.267 e. The van der Waals surface area contributed by atoms with Crippen LogP contribution in [0.5, 0.6) is 0 Å². The molecule has 2 aromatic rings. The van der Waals surface area contributed by atoms with E-state index in [2.05, 4.69) is 5.10 Å². The summed E-state index contributed by atoms with van der Waals surface area (Å²) in [6.07, 6.45) is 1.35. The molecule has 0 radical (unpaired) electrons. The lowest BCUT2D eigenvalue weighted by Crippen LogP contribution is -2.00. The highest BCUT2D eigenvalue weighted by Crippen LogP contribution is 2.35. The van der Waals surface area contributed by atoms with E-state index in [-0.39, 0.29) is 11.7 Å². The van der Waals surface area contributed by atoms with E-state index in [1.54, 1.807) is 22.9 Å². The molecule has 17 heavy (non-hydrogen) atoms. The van der Waals surface area contributed by atoms with Crippen LogP contribution < -0.4 is 0 Å². The maximum absolute atomic E-state index is 13.8. The zero-order valence-corrected chi connectivity index (χ0v) is 10.9. The summed E-state index contributed by atoms with van der Waals surface area (Å²) in [4.78, 5) is 0. The third-order valence-electron chi connectivity index (χ3n) is 2.42. The smallest absolute Gasteiger partial charge is 0.169 e. The second-order valence-electron chi connectivity index (χ2n) is 4.00. The summed E-state index contributed by atoms with van der Waals surface area (Å²) in [5.41, 5.74) is 0.627. The lowest BCUT2D eigenvalue weighted by atomic mass is 10.1. The molecule has 2 rings (SSSR count). The van der Waals surface area contributed by atoms with Crippen LogP contribution in [0.15, 0.2) is 24.4 Å². The topological polar surface area (TPSA) is 17.8 Å². The fourth-order valence-corrected chi connectivity index (χ4v) is 2.10. The zero-order chi connectivity index (χ0) is 12.6. The predicted octanol–water partition coefficient (Wildman–Crippen LogP) is 4.58. The summed E-state index contributed by atoms with van der Waals surface area (Å²) in [5.74, 6) is -0.422. The van der Waals surface area contributed by atoms with Gasteiger partial charge in [-0.25, -0.2) is 4.39 Å². The first kappa shape index (κ1) is 12.4. The average Bonchev–Trinajstić information content (AvgIpc) is 2.61. The Morgan fingerprint density at radius 2 is 1.82 bits per heavy atom. The lowest BCUT2D eigenvalue weighted by molar-refractivity contribution is 0.527. The highest BCUT2D eigenvalue weighted by Gasteiger charge is 2.17. The SMILES string of the molecule is CC(C)n1cc(F)c(-c2c(Cl)cccc2Cl)n1. The van der Waals surface area contributed by atoms with Gasteiger partial charge < -0.3 is 0 Å². The number of halogens is 3. The predicted molar refractivity (Wildman–Crippen MR) is 68.0 cm³/mol. The van der Waals surface area contributed by atoms with Gasteiger partial charge in [-0.05, 0) is 26.0 Å². The van der Waals surface area contributed by atoms with Crippen LogP contribution in [-0.2, 0) is 0 Å². The molecule has 5 heteroatoms. The number of aromatic nitrogens is 2. The molecule has 0 saturated carbocycles. The van der Waals surface area contributed by atoms with Crippen LogP contribution in [0.1, 0.15) is 19.9 Å². The first-order chi connectivity index (χ1) is 8.00. The van der Waals surface area contributed by atoms with Crippen LogP contribution in [-0.4, -0.2) is 9.78 Å². The van der Waals surface area contributed by atoms with E-state index in [0.29, 0.717) is 15.6 Å². The van der Waals surface area contributed by atoms with Crippen LogP contribution in [0, 0.1) is 5.82 Å². The van der Waals surface area contributed by atoms with Crippen molar-refractivity contribution in [3.8, 4) is 11.3 Å². The van der Waals surface area contributed by atoms with E-state index in [1.165, 1.54) is 6.20 Å². The van der Waals surface area contributed by atoms with Gasteiger partial charge in [0.15, 0.2) is 5.82 Å². The van der Waals surface area contributed by atoms with Crippen molar-refractivity contribution in [2.75, 3.05) is 0 Å². The summed E-state index contributed by atoms with van der Waals surface area (Å²) in [6.45, 7) is 3.84. The summed E-state index contributed by atoms with van der Waals surface area (Å²) in [6, 6.07) is 5.12. The van der Waals surface area contributed by atoms with Crippen LogP contribution in [0.3, 0.4) is 0 Å². The van der Waals surface area contributed by atoms with Crippen molar-refractivity contribution in [3.63, 3.8) is 0 Å². The van der Waals surface area contributed by atoms with E-state index in [1.807, 2.05) is 13.8 Å². The number of hydrogen-bond donors (Lipinski definition) is 0. The van der Waals surface area contributed by atoms with Gasteiger partial charge in [0.05, 0.1) is 16.2 Å². The maximum atomic E-state index is 13.8. The van der Waals surface area contributed by atoms with Crippen molar-refractivity contribution >= 4 is 23.2 Å². The van der Waals surface area contributed by atoms with Gasteiger partial charge in [0.2, 0.25) is 0 Å². The Morgan fingerprint density at radius 3 is 2.29 bits per heavy atom. The van der Waals surface area contributed by atoms with Gasteiger partial charge in [-0.1, -0.05) is 29.3 Å². The first-order valence-corrected chi connectivity index (χ1v) is 5.95. The van der Waals surface area contributed by atoms with Crippen molar-refractivity contribution < 1.29 is 4.39 Å². The van der Waals surface area contributed by atoms with E-state index >= 15 is 0 Å². The highest BCUT2D eigenvalue weighted by molar-refractivity contribution is 6.39. The molecule has 0 N–H and O–H groups in total. The molecule has 0 atom stereocenters. The number of rotatable bonds is 2. The minimum Gasteiger partial charge on any atom is -0.267 e. The van der Waals surface area contributed by atoms with Crippen LogP contribution in [0.25, 0.3) is 11.3 Å². The molecule has 0 fully saturated rings. The molecule has 1 heterocycles. The van der Waals surface area contributed by atoms with Crippen molar-refractivity contribution in [1.29, 1.82) is 0 Å². The minimum atomic E-state index is -0.422. The Morgan fingerprint density at radius 1 is 1.24 bits per heavy atom. The Labute approximate surface area is 109 Å². The molecular formula is C12H11Cl2FN2. The van der Waals surface area contributed by atoms with Crippen LogP contribution >= 0.6 is 23.2 Å². The molecule has 0 aliphatic carbocycles. The second kappa shape index (κ2) is 4.67.